The molecule has 1 amide bonds. The van der Waals surface area contributed by atoms with Gasteiger partial charge in [-0.05, 0) is 35.2 Å². The van der Waals surface area contributed by atoms with Crippen LogP contribution in [0.25, 0.3) is 0 Å². The second kappa shape index (κ2) is 7.12. The number of rotatable bonds is 5. The van der Waals surface area contributed by atoms with Crippen LogP contribution < -0.4 is 10.1 Å². The summed E-state index contributed by atoms with van der Waals surface area (Å²) in [6.45, 7) is 6.20. The van der Waals surface area contributed by atoms with Crippen molar-refractivity contribution in [2.24, 2.45) is 0 Å². The summed E-state index contributed by atoms with van der Waals surface area (Å²) in [4.78, 5) is 22.0. The summed E-state index contributed by atoms with van der Waals surface area (Å²) in [6.07, 6.45) is 0. The Kier molecular flexibility index (Phi) is 5.18. The van der Waals surface area contributed by atoms with Gasteiger partial charge in [-0.2, -0.15) is 0 Å². The summed E-state index contributed by atoms with van der Waals surface area (Å²) in [5.74, 6) is 0.107. The van der Waals surface area contributed by atoms with Crippen LogP contribution in [0.5, 0.6) is 5.75 Å². The van der Waals surface area contributed by atoms with Gasteiger partial charge >= 0.3 is 0 Å². The zero-order valence-corrected chi connectivity index (χ0v) is 13.9. The summed E-state index contributed by atoms with van der Waals surface area (Å²) in [5, 5.41) is 13.3. The molecular formula is C18H20N2O4. The quantitative estimate of drug-likeness (QED) is 0.666. The zero-order valence-electron chi connectivity index (χ0n) is 13.9. The van der Waals surface area contributed by atoms with E-state index < -0.39 is 4.92 Å². The van der Waals surface area contributed by atoms with Gasteiger partial charge in [-0.25, -0.2) is 0 Å². The largest absolute Gasteiger partial charge is 0.484 e. The molecule has 2 aromatic carbocycles. The first kappa shape index (κ1) is 17.5. The fourth-order valence-electron chi connectivity index (χ4n) is 2.06. The first-order valence-corrected chi connectivity index (χ1v) is 7.53. The Bertz CT molecular complexity index is 716. The Morgan fingerprint density at radius 3 is 2.17 bits per heavy atom. The molecule has 0 aliphatic heterocycles. The molecule has 0 spiro atoms. The van der Waals surface area contributed by atoms with Crippen LogP contribution in [0.15, 0.2) is 48.5 Å². The third-order valence-electron chi connectivity index (χ3n) is 3.45. The molecule has 0 unspecified atom stereocenters. The van der Waals surface area contributed by atoms with Crippen molar-refractivity contribution >= 4 is 17.3 Å². The number of non-ortho nitro benzene ring substituents is 1. The van der Waals surface area contributed by atoms with E-state index in [2.05, 4.69) is 26.1 Å². The first-order chi connectivity index (χ1) is 11.3. The van der Waals surface area contributed by atoms with Crippen LogP contribution in [-0.2, 0) is 10.2 Å². The molecule has 0 fully saturated rings. The number of nitro groups is 1. The SMILES string of the molecule is CC(C)(C)c1ccc(NC(=O)COc2ccc([N+](=O)[O-])cc2)cc1. The Balaban J connectivity index is 1.88. The number of amides is 1. The standard InChI is InChI=1S/C18H20N2O4/c1-18(2,3)13-4-6-14(7-5-13)19-17(21)12-24-16-10-8-15(9-11-16)20(22)23/h4-11H,12H2,1-3H3,(H,19,21). The van der Waals surface area contributed by atoms with E-state index in [-0.39, 0.29) is 23.6 Å². The van der Waals surface area contributed by atoms with E-state index in [0.29, 0.717) is 11.4 Å². The topological polar surface area (TPSA) is 81.5 Å². The highest BCUT2D eigenvalue weighted by atomic mass is 16.6. The van der Waals surface area contributed by atoms with Crippen molar-refractivity contribution in [1.82, 2.24) is 0 Å². The monoisotopic (exact) mass is 328 g/mol. The highest BCUT2D eigenvalue weighted by Gasteiger charge is 2.13. The predicted octanol–water partition coefficient (Wildman–Crippen LogP) is 3.91. The van der Waals surface area contributed by atoms with Gasteiger partial charge in [0, 0.05) is 17.8 Å². The molecule has 0 radical (unpaired) electrons. The van der Waals surface area contributed by atoms with Crippen molar-refractivity contribution < 1.29 is 14.5 Å². The maximum atomic E-state index is 11.9. The van der Waals surface area contributed by atoms with Crippen molar-refractivity contribution in [1.29, 1.82) is 0 Å². The highest BCUT2D eigenvalue weighted by Crippen LogP contribution is 2.23. The smallest absolute Gasteiger partial charge is 0.269 e. The first-order valence-electron chi connectivity index (χ1n) is 7.53. The van der Waals surface area contributed by atoms with Crippen molar-refractivity contribution in [2.45, 2.75) is 26.2 Å². The zero-order chi connectivity index (χ0) is 17.7. The number of nitro benzene ring substituents is 1. The second-order valence-corrected chi connectivity index (χ2v) is 6.42. The van der Waals surface area contributed by atoms with Crippen LogP contribution in [0, 0.1) is 10.1 Å². The molecule has 0 atom stereocenters. The fraction of sp³-hybridized carbons (Fsp3) is 0.278. The Morgan fingerprint density at radius 2 is 1.67 bits per heavy atom. The molecule has 0 saturated carbocycles. The van der Waals surface area contributed by atoms with Crippen molar-refractivity contribution in [3.63, 3.8) is 0 Å². The van der Waals surface area contributed by atoms with Crippen LogP contribution >= 0.6 is 0 Å². The maximum absolute atomic E-state index is 11.9. The molecule has 0 aliphatic carbocycles. The Morgan fingerprint density at radius 1 is 1.08 bits per heavy atom. The number of nitrogens with one attached hydrogen (secondary N) is 1. The molecule has 0 bridgehead atoms. The molecule has 1 N–H and O–H groups in total. The normalized spacial score (nSPS) is 11.0. The summed E-state index contributed by atoms with van der Waals surface area (Å²) in [7, 11) is 0. The molecular weight excluding hydrogens is 308 g/mol. The lowest BCUT2D eigenvalue weighted by atomic mass is 9.87. The van der Waals surface area contributed by atoms with Crippen molar-refractivity contribution in [3.05, 3.63) is 64.2 Å². The van der Waals surface area contributed by atoms with E-state index in [0.717, 1.165) is 0 Å². The van der Waals surface area contributed by atoms with Crippen LogP contribution in [0.1, 0.15) is 26.3 Å². The van der Waals surface area contributed by atoms with E-state index >= 15 is 0 Å². The lowest BCUT2D eigenvalue weighted by Gasteiger charge is -2.19. The summed E-state index contributed by atoms with van der Waals surface area (Å²) >= 11 is 0. The van der Waals surface area contributed by atoms with Crippen molar-refractivity contribution in [3.8, 4) is 5.75 Å². The molecule has 6 heteroatoms. The van der Waals surface area contributed by atoms with E-state index in [1.54, 1.807) is 0 Å². The average molecular weight is 328 g/mol. The average Bonchev–Trinajstić information content (AvgIpc) is 2.53. The minimum atomic E-state index is -0.488. The molecule has 0 aliphatic rings. The van der Waals surface area contributed by atoms with Gasteiger partial charge in [0.2, 0.25) is 0 Å². The lowest BCUT2D eigenvalue weighted by Crippen LogP contribution is -2.20. The van der Waals surface area contributed by atoms with Gasteiger partial charge in [0.1, 0.15) is 5.75 Å². The van der Waals surface area contributed by atoms with Gasteiger partial charge in [0.15, 0.2) is 6.61 Å². The predicted molar refractivity (Wildman–Crippen MR) is 92.4 cm³/mol. The van der Waals surface area contributed by atoms with Crippen LogP contribution in [0.3, 0.4) is 0 Å². The molecule has 126 valence electrons. The van der Waals surface area contributed by atoms with E-state index in [1.807, 2.05) is 24.3 Å². The third kappa shape index (κ3) is 4.81. The Labute approximate surface area is 140 Å². The van der Waals surface area contributed by atoms with Crippen LogP contribution in [0.2, 0.25) is 0 Å². The fourth-order valence-corrected chi connectivity index (χ4v) is 2.06. The van der Waals surface area contributed by atoms with Gasteiger partial charge in [-0.1, -0.05) is 32.9 Å². The summed E-state index contributed by atoms with van der Waals surface area (Å²) in [6, 6.07) is 13.2. The molecule has 0 saturated heterocycles. The van der Waals surface area contributed by atoms with E-state index in [9.17, 15) is 14.9 Å². The number of carbonyl (C=O) groups excluding carboxylic acids is 1. The van der Waals surface area contributed by atoms with Crippen LogP contribution in [0.4, 0.5) is 11.4 Å². The number of carbonyl (C=O) groups is 1. The van der Waals surface area contributed by atoms with Gasteiger partial charge in [-0.3, -0.25) is 14.9 Å². The van der Waals surface area contributed by atoms with E-state index in [4.69, 9.17) is 4.74 Å². The molecule has 6 nitrogen and oxygen atoms in total. The van der Waals surface area contributed by atoms with Gasteiger partial charge < -0.3 is 10.1 Å². The van der Waals surface area contributed by atoms with Gasteiger partial charge in [-0.15, -0.1) is 0 Å². The number of hydrogen-bond donors (Lipinski definition) is 1. The van der Waals surface area contributed by atoms with Gasteiger partial charge in [0.05, 0.1) is 4.92 Å². The number of anilines is 1. The lowest BCUT2D eigenvalue weighted by molar-refractivity contribution is -0.384. The molecule has 2 rings (SSSR count). The second-order valence-electron chi connectivity index (χ2n) is 6.42. The molecule has 0 heterocycles. The molecule has 24 heavy (non-hydrogen) atoms. The van der Waals surface area contributed by atoms with Crippen molar-refractivity contribution in [2.75, 3.05) is 11.9 Å². The number of ether oxygens (including phenoxy) is 1. The number of hydrogen-bond acceptors (Lipinski definition) is 4. The maximum Gasteiger partial charge on any atom is 0.269 e. The molecule has 0 aromatic heterocycles. The Hall–Kier alpha value is -2.89. The number of nitrogens with zero attached hydrogens (tertiary/aromatic N) is 1. The highest BCUT2D eigenvalue weighted by molar-refractivity contribution is 5.91. The van der Waals surface area contributed by atoms with Crippen LogP contribution in [-0.4, -0.2) is 17.4 Å². The van der Waals surface area contributed by atoms with E-state index in [1.165, 1.54) is 29.8 Å². The third-order valence-corrected chi connectivity index (χ3v) is 3.45. The molecule has 2 aromatic rings. The van der Waals surface area contributed by atoms with Gasteiger partial charge in [0.25, 0.3) is 11.6 Å². The summed E-state index contributed by atoms with van der Waals surface area (Å²) < 4.78 is 5.32. The minimum absolute atomic E-state index is 0.0225. The number of benzene rings is 2. The minimum Gasteiger partial charge on any atom is -0.484 e. The summed E-state index contributed by atoms with van der Waals surface area (Å²) in [5.41, 5.74) is 1.91.